The van der Waals surface area contributed by atoms with Crippen molar-refractivity contribution in [2.24, 2.45) is 4.99 Å². The number of halogens is 3. The molecule has 1 heterocycles. The molecule has 156 valence electrons. The fourth-order valence-corrected chi connectivity index (χ4v) is 4.73. The molecule has 3 aromatic rings. The van der Waals surface area contributed by atoms with Gasteiger partial charge < -0.3 is 10.1 Å². The van der Waals surface area contributed by atoms with Gasteiger partial charge in [-0.25, -0.2) is 9.38 Å². The Labute approximate surface area is 199 Å². The van der Waals surface area contributed by atoms with Gasteiger partial charge in [-0.2, -0.15) is 0 Å². The number of ether oxygens (including phenoxy) is 1. The molecule has 3 aromatic carbocycles. The molecule has 1 fully saturated rings. The molecule has 1 N–H and O–H groups in total. The van der Waals surface area contributed by atoms with E-state index in [2.05, 4.69) is 42.2 Å². The van der Waals surface area contributed by atoms with Crippen molar-refractivity contribution in [3.8, 4) is 5.75 Å². The van der Waals surface area contributed by atoms with Crippen LogP contribution in [0, 0.1) is 5.82 Å². The molecule has 0 aliphatic carbocycles. The van der Waals surface area contributed by atoms with Crippen LogP contribution in [0.25, 0.3) is 6.08 Å². The summed E-state index contributed by atoms with van der Waals surface area (Å²) in [6.45, 7) is 0.440. The van der Waals surface area contributed by atoms with Crippen LogP contribution >= 0.6 is 43.6 Å². The van der Waals surface area contributed by atoms with Crippen LogP contribution in [0.3, 0.4) is 0 Å². The van der Waals surface area contributed by atoms with Crippen molar-refractivity contribution >= 4 is 66.5 Å². The first kappa shape index (κ1) is 21.8. The molecule has 0 spiro atoms. The smallest absolute Gasteiger partial charge is 0.264 e. The molecule has 31 heavy (non-hydrogen) atoms. The topological polar surface area (TPSA) is 50.7 Å². The van der Waals surface area contributed by atoms with Crippen LogP contribution in [0.2, 0.25) is 0 Å². The van der Waals surface area contributed by atoms with Crippen molar-refractivity contribution in [2.75, 3.05) is 0 Å². The minimum absolute atomic E-state index is 0.216. The van der Waals surface area contributed by atoms with Crippen molar-refractivity contribution < 1.29 is 13.9 Å². The summed E-state index contributed by atoms with van der Waals surface area (Å²) >= 11 is 8.21. The largest absolute Gasteiger partial charge is 0.489 e. The van der Waals surface area contributed by atoms with E-state index in [1.54, 1.807) is 18.2 Å². The number of hydrogen-bond donors (Lipinski definition) is 1. The Morgan fingerprint density at radius 2 is 1.77 bits per heavy atom. The molecule has 0 saturated carbocycles. The Hall–Kier alpha value is -2.42. The number of thioether (sulfide) groups is 1. The van der Waals surface area contributed by atoms with Gasteiger partial charge in [0.05, 0.1) is 10.6 Å². The zero-order valence-corrected chi connectivity index (χ0v) is 19.9. The number of aliphatic imine (C=N–C) groups is 1. The van der Waals surface area contributed by atoms with Gasteiger partial charge in [-0.3, -0.25) is 4.79 Å². The summed E-state index contributed by atoms with van der Waals surface area (Å²) in [4.78, 5) is 17.1. The number of hydrogen-bond acceptors (Lipinski definition) is 4. The summed E-state index contributed by atoms with van der Waals surface area (Å²) in [5.74, 6) is 0.190. The highest BCUT2D eigenvalue weighted by molar-refractivity contribution is 9.11. The first-order valence-corrected chi connectivity index (χ1v) is 11.6. The standard InChI is InChI=1S/C23H15Br2FN2O2S/c24-16-4-3-15(20(25)12-16)13-30-19-9-1-14(2-10-19)11-21-22(29)28-23(31-21)27-18-7-5-17(26)6-8-18/h1-12H,13H2,(H,27,28,29)/b21-11-. The number of nitrogens with one attached hydrogen (secondary N) is 1. The summed E-state index contributed by atoms with van der Waals surface area (Å²) in [6, 6.07) is 19.2. The van der Waals surface area contributed by atoms with Crippen LogP contribution in [0.15, 0.2) is 85.6 Å². The number of nitrogens with zero attached hydrogens (tertiary/aromatic N) is 1. The molecule has 0 bridgehead atoms. The minimum atomic E-state index is -0.329. The van der Waals surface area contributed by atoms with Crippen LogP contribution < -0.4 is 10.1 Å². The van der Waals surface area contributed by atoms with Crippen molar-refractivity contribution in [3.05, 3.63) is 97.5 Å². The highest BCUT2D eigenvalue weighted by Crippen LogP contribution is 2.29. The predicted octanol–water partition coefficient (Wildman–Crippen LogP) is 6.82. The molecule has 0 unspecified atom stereocenters. The first-order chi connectivity index (χ1) is 15.0. The Bertz CT molecular complexity index is 1180. The summed E-state index contributed by atoms with van der Waals surface area (Å²) in [7, 11) is 0. The van der Waals surface area contributed by atoms with Crippen LogP contribution in [0.1, 0.15) is 11.1 Å². The van der Waals surface area contributed by atoms with Crippen molar-refractivity contribution in [3.63, 3.8) is 0 Å². The third-order valence-corrected chi connectivity index (χ3v) is 6.44. The summed E-state index contributed by atoms with van der Waals surface area (Å²) < 4.78 is 20.8. The highest BCUT2D eigenvalue weighted by Gasteiger charge is 2.23. The van der Waals surface area contributed by atoms with Gasteiger partial charge in [0.1, 0.15) is 18.2 Å². The molecule has 8 heteroatoms. The minimum Gasteiger partial charge on any atom is -0.489 e. The van der Waals surface area contributed by atoms with Gasteiger partial charge in [-0.05, 0) is 71.9 Å². The first-order valence-electron chi connectivity index (χ1n) is 9.18. The lowest BCUT2D eigenvalue weighted by molar-refractivity contribution is -0.115. The van der Waals surface area contributed by atoms with E-state index >= 15 is 0 Å². The number of carbonyl (C=O) groups is 1. The normalized spacial score (nSPS) is 16.0. The number of carbonyl (C=O) groups excluding carboxylic acids is 1. The zero-order valence-electron chi connectivity index (χ0n) is 15.9. The third-order valence-electron chi connectivity index (χ3n) is 4.30. The molecule has 1 saturated heterocycles. The van der Waals surface area contributed by atoms with Crippen LogP contribution in [-0.4, -0.2) is 11.1 Å². The molecule has 0 radical (unpaired) electrons. The second-order valence-electron chi connectivity index (χ2n) is 6.55. The predicted molar refractivity (Wildman–Crippen MR) is 130 cm³/mol. The molecule has 1 amide bonds. The molecular formula is C23H15Br2FN2O2S. The summed E-state index contributed by atoms with van der Waals surface area (Å²) in [6.07, 6.45) is 1.79. The average molecular weight is 562 g/mol. The third kappa shape index (κ3) is 5.84. The lowest BCUT2D eigenvalue weighted by Gasteiger charge is -2.08. The van der Waals surface area contributed by atoms with Gasteiger partial charge in [0.15, 0.2) is 5.17 Å². The molecule has 4 rings (SSSR count). The Morgan fingerprint density at radius 3 is 2.48 bits per heavy atom. The maximum absolute atomic E-state index is 13.0. The van der Waals surface area contributed by atoms with Crippen molar-refractivity contribution in [2.45, 2.75) is 6.61 Å². The van der Waals surface area contributed by atoms with E-state index in [9.17, 15) is 9.18 Å². The van der Waals surface area contributed by atoms with Crippen LogP contribution in [0.4, 0.5) is 10.1 Å². The van der Waals surface area contributed by atoms with Gasteiger partial charge in [-0.15, -0.1) is 0 Å². The lowest BCUT2D eigenvalue weighted by Crippen LogP contribution is -2.19. The van der Waals surface area contributed by atoms with E-state index in [4.69, 9.17) is 4.74 Å². The van der Waals surface area contributed by atoms with Crippen LogP contribution in [0.5, 0.6) is 5.75 Å². The number of amidine groups is 1. The quantitative estimate of drug-likeness (QED) is 0.348. The number of rotatable bonds is 5. The van der Waals surface area contributed by atoms with Crippen molar-refractivity contribution in [1.82, 2.24) is 5.32 Å². The number of benzene rings is 3. The van der Waals surface area contributed by atoms with Gasteiger partial charge in [-0.1, -0.05) is 50.1 Å². The summed E-state index contributed by atoms with van der Waals surface area (Å²) in [5, 5.41) is 3.19. The fourth-order valence-electron chi connectivity index (χ4n) is 2.72. The van der Waals surface area contributed by atoms with Gasteiger partial charge >= 0.3 is 0 Å². The van der Waals surface area contributed by atoms with E-state index in [1.165, 1.54) is 23.9 Å². The monoisotopic (exact) mass is 560 g/mol. The second-order valence-corrected chi connectivity index (χ2v) is 9.35. The van der Waals surface area contributed by atoms with Gasteiger partial charge in [0.2, 0.25) is 0 Å². The zero-order chi connectivity index (χ0) is 21.8. The van der Waals surface area contributed by atoms with E-state index < -0.39 is 0 Å². The van der Waals surface area contributed by atoms with Gasteiger partial charge in [0, 0.05) is 14.5 Å². The highest BCUT2D eigenvalue weighted by atomic mass is 79.9. The summed E-state index contributed by atoms with van der Waals surface area (Å²) in [5.41, 5.74) is 2.49. The number of amides is 1. The lowest BCUT2D eigenvalue weighted by atomic mass is 10.2. The molecule has 0 atom stereocenters. The Morgan fingerprint density at radius 1 is 1.03 bits per heavy atom. The molecule has 1 aliphatic rings. The van der Waals surface area contributed by atoms with Gasteiger partial charge in [0.25, 0.3) is 5.91 Å². The van der Waals surface area contributed by atoms with E-state index in [1.807, 2.05) is 42.5 Å². The van der Waals surface area contributed by atoms with E-state index in [-0.39, 0.29) is 11.7 Å². The van der Waals surface area contributed by atoms with E-state index in [0.717, 1.165) is 25.8 Å². The van der Waals surface area contributed by atoms with Crippen molar-refractivity contribution in [1.29, 1.82) is 0 Å². The Kier molecular flexibility index (Phi) is 6.89. The molecule has 0 aromatic heterocycles. The van der Waals surface area contributed by atoms with Crippen LogP contribution in [-0.2, 0) is 11.4 Å². The molecule has 1 aliphatic heterocycles. The second kappa shape index (κ2) is 9.80. The fraction of sp³-hybridized carbons (Fsp3) is 0.0435. The maximum atomic E-state index is 13.0. The molecule has 4 nitrogen and oxygen atoms in total. The average Bonchev–Trinajstić information content (AvgIpc) is 3.09. The molecular weight excluding hydrogens is 547 g/mol. The Balaban J connectivity index is 1.40. The maximum Gasteiger partial charge on any atom is 0.264 e. The van der Waals surface area contributed by atoms with E-state index in [0.29, 0.717) is 22.4 Å². The SMILES string of the molecule is O=C1NC(=Nc2ccc(F)cc2)S/C1=C\c1ccc(OCc2ccc(Br)cc2Br)cc1.